The lowest BCUT2D eigenvalue weighted by molar-refractivity contribution is -0.394. The van der Waals surface area contributed by atoms with Crippen LogP contribution in [0.4, 0.5) is 17.1 Å². The summed E-state index contributed by atoms with van der Waals surface area (Å²) >= 11 is 0. The minimum atomic E-state index is -0.651. The van der Waals surface area contributed by atoms with Crippen molar-refractivity contribution in [1.29, 1.82) is 0 Å². The molecule has 0 spiro atoms. The highest BCUT2D eigenvalue weighted by Gasteiger charge is 2.18. The molecule has 0 saturated carbocycles. The Morgan fingerprint density at radius 3 is 2.25 bits per heavy atom. The van der Waals surface area contributed by atoms with E-state index in [2.05, 4.69) is 5.32 Å². The van der Waals surface area contributed by atoms with Gasteiger partial charge in [-0.1, -0.05) is 18.2 Å². The molecule has 0 aliphatic rings. The van der Waals surface area contributed by atoms with Gasteiger partial charge in [-0.25, -0.2) is 0 Å². The Kier molecular flexibility index (Phi) is 3.90. The van der Waals surface area contributed by atoms with Crippen LogP contribution in [0.1, 0.15) is 5.56 Å². The summed E-state index contributed by atoms with van der Waals surface area (Å²) in [6.07, 6.45) is 0. The minimum absolute atomic E-state index is 0.221. The number of nitrogens with one attached hydrogen (secondary N) is 1. The summed E-state index contributed by atoms with van der Waals surface area (Å²) in [5.74, 6) is 0. The lowest BCUT2D eigenvalue weighted by Gasteiger charge is -2.06. The monoisotopic (exact) mass is 273 g/mol. The van der Waals surface area contributed by atoms with Crippen molar-refractivity contribution in [3.05, 3.63) is 74.3 Å². The van der Waals surface area contributed by atoms with Gasteiger partial charge in [0.05, 0.1) is 15.9 Å². The molecule has 102 valence electrons. The van der Waals surface area contributed by atoms with E-state index in [0.29, 0.717) is 5.56 Å². The van der Waals surface area contributed by atoms with E-state index < -0.39 is 9.85 Å². The molecule has 0 aliphatic heterocycles. The molecule has 0 bridgehead atoms. The normalized spacial score (nSPS) is 10.0. The third kappa shape index (κ3) is 3.08. The summed E-state index contributed by atoms with van der Waals surface area (Å²) in [4.78, 5) is 20.3. The Labute approximate surface area is 114 Å². The quantitative estimate of drug-likeness (QED) is 0.666. The van der Waals surface area contributed by atoms with Crippen LogP contribution in [0.25, 0.3) is 0 Å². The van der Waals surface area contributed by atoms with E-state index in [9.17, 15) is 20.2 Å². The predicted octanol–water partition coefficient (Wildman–Crippen LogP) is 3.12. The topological polar surface area (TPSA) is 98.3 Å². The Morgan fingerprint density at radius 1 is 0.950 bits per heavy atom. The number of nitro groups is 2. The van der Waals surface area contributed by atoms with Gasteiger partial charge >= 0.3 is 0 Å². The maximum atomic E-state index is 11.0. The Morgan fingerprint density at radius 2 is 1.65 bits per heavy atom. The van der Waals surface area contributed by atoms with Crippen LogP contribution < -0.4 is 5.32 Å². The second-order valence-corrected chi connectivity index (χ2v) is 4.05. The third-order valence-electron chi connectivity index (χ3n) is 2.73. The van der Waals surface area contributed by atoms with Crippen molar-refractivity contribution >= 4 is 17.1 Å². The first-order valence-electron chi connectivity index (χ1n) is 5.78. The molecule has 0 radical (unpaired) electrons. The van der Waals surface area contributed by atoms with E-state index in [1.165, 1.54) is 12.1 Å². The lowest BCUT2D eigenvalue weighted by atomic mass is 10.1. The molecular weight excluding hydrogens is 262 g/mol. The van der Waals surface area contributed by atoms with E-state index >= 15 is 0 Å². The highest BCUT2D eigenvalue weighted by molar-refractivity contribution is 5.51. The van der Waals surface area contributed by atoms with E-state index in [1.54, 1.807) is 0 Å². The van der Waals surface area contributed by atoms with Crippen LogP contribution in [0.3, 0.4) is 0 Å². The van der Waals surface area contributed by atoms with Crippen LogP contribution in [-0.4, -0.2) is 9.85 Å². The number of nitro benzene ring substituents is 2. The van der Waals surface area contributed by atoms with Crippen LogP contribution in [0.2, 0.25) is 0 Å². The van der Waals surface area contributed by atoms with Crippen molar-refractivity contribution in [3.8, 4) is 0 Å². The van der Waals surface area contributed by atoms with E-state index in [1.807, 2.05) is 30.3 Å². The molecule has 2 aromatic carbocycles. The SMILES string of the molecule is O=[N+]([O-])c1ccc(CNc2ccccc2)c([N+](=O)[O-])c1. The molecule has 0 heterocycles. The van der Waals surface area contributed by atoms with Gasteiger partial charge in [0.25, 0.3) is 11.4 Å². The molecule has 20 heavy (non-hydrogen) atoms. The highest BCUT2D eigenvalue weighted by Crippen LogP contribution is 2.25. The van der Waals surface area contributed by atoms with E-state index in [-0.39, 0.29) is 17.9 Å². The summed E-state index contributed by atoms with van der Waals surface area (Å²) in [6, 6.07) is 12.8. The first kappa shape index (κ1) is 13.5. The molecule has 0 amide bonds. The number of hydrogen-bond acceptors (Lipinski definition) is 5. The zero-order valence-electron chi connectivity index (χ0n) is 10.4. The number of non-ortho nitro benzene ring substituents is 1. The Hall–Kier alpha value is -2.96. The molecule has 7 nitrogen and oxygen atoms in total. The average molecular weight is 273 g/mol. The van der Waals surface area contributed by atoms with E-state index in [0.717, 1.165) is 11.8 Å². The molecule has 0 unspecified atom stereocenters. The van der Waals surface area contributed by atoms with Crippen molar-refractivity contribution in [1.82, 2.24) is 0 Å². The van der Waals surface area contributed by atoms with Gasteiger partial charge < -0.3 is 5.32 Å². The summed E-state index contributed by atoms with van der Waals surface area (Å²) < 4.78 is 0. The molecule has 7 heteroatoms. The summed E-state index contributed by atoms with van der Waals surface area (Å²) in [5, 5.41) is 24.6. The smallest absolute Gasteiger partial charge is 0.281 e. The van der Waals surface area contributed by atoms with Crippen LogP contribution in [0.15, 0.2) is 48.5 Å². The average Bonchev–Trinajstić information content (AvgIpc) is 2.45. The largest absolute Gasteiger partial charge is 0.381 e. The fourth-order valence-corrected chi connectivity index (χ4v) is 1.74. The first-order chi connectivity index (χ1) is 9.58. The van der Waals surface area contributed by atoms with Gasteiger partial charge in [-0.05, 0) is 18.2 Å². The highest BCUT2D eigenvalue weighted by atomic mass is 16.6. The molecular formula is C13H11N3O4. The second-order valence-electron chi connectivity index (χ2n) is 4.05. The zero-order valence-corrected chi connectivity index (χ0v) is 10.4. The van der Waals surface area contributed by atoms with Gasteiger partial charge in [-0.15, -0.1) is 0 Å². The van der Waals surface area contributed by atoms with Crippen molar-refractivity contribution < 1.29 is 9.85 Å². The van der Waals surface area contributed by atoms with E-state index in [4.69, 9.17) is 0 Å². The fourth-order valence-electron chi connectivity index (χ4n) is 1.74. The van der Waals surface area contributed by atoms with Crippen molar-refractivity contribution in [3.63, 3.8) is 0 Å². The number of para-hydroxylation sites is 1. The molecule has 0 aliphatic carbocycles. The summed E-state index contributed by atoms with van der Waals surface area (Å²) in [7, 11) is 0. The summed E-state index contributed by atoms with van der Waals surface area (Å²) in [5.41, 5.74) is 0.660. The van der Waals surface area contributed by atoms with Crippen molar-refractivity contribution in [2.45, 2.75) is 6.54 Å². The van der Waals surface area contributed by atoms with Crippen molar-refractivity contribution in [2.75, 3.05) is 5.32 Å². The van der Waals surface area contributed by atoms with Gasteiger partial charge in [0.15, 0.2) is 0 Å². The maximum absolute atomic E-state index is 11.0. The molecule has 0 saturated heterocycles. The minimum Gasteiger partial charge on any atom is -0.381 e. The number of benzene rings is 2. The number of anilines is 1. The van der Waals surface area contributed by atoms with Gasteiger partial charge in [-0.2, -0.15) is 0 Å². The van der Waals surface area contributed by atoms with Crippen LogP contribution in [-0.2, 0) is 6.54 Å². The molecule has 1 N–H and O–H groups in total. The van der Waals surface area contributed by atoms with Crippen LogP contribution >= 0.6 is 0 Å². The molecule has 0 fully saturated rings. The number of rotatable bonds is 5. The zero-order chi connectivity index (χ0) is 14.5. The first-order valence-corrected chi connectivity index (χ1v) is 5.78. The summed E-state index contributed by atoms with van der Waals surface area (Å²) in [6.45, 7) is 0.221. The fraction of sp³-hybridized carbons (Fsp3) is 0.0769. The Balaban J connectivity index is 2.23. The maximum Gasteiger partial charge on any atom is 0.281 e. The Bertz CT molecular complexity index is 643. The van der Waals surface area contributed by atoms with Gasteiger partial charge in [0.2, 0.25) is 0 Å². The van der Waals surface area contributed by atoms with Crippen LogP contribution in [0, 0.1) is 20.2 Å². The van der Waals surface area contributed by atoms with Gasteiger partial charge in [0, 0.05) is 23.9 Å². The molecule has 2 rings (SSSR count). The predicted molar refractivity (Wildman–Crippen MR) is 73.5 cm³/mol. The lowest BCUT2D eigenvalue weighted by Crippen LogP contribution is -2.03. The standard InChI is InChI=1S/C13H11N3O4/c17-15(18)12-7-6-10(13(8-12)16(19)20)9-14-11-4-2-1-3-5-11/h1-8,14H,9H2. The molecule has 2 aromatic rings. The number of hydrogen-bond donors (Lipinski definition) is 1. The second kappa shape index (κ2) is 5.79. The number of nitrogens with zero attached hydrogens (tertiary/aromatic N) is 2. The van der Waals surface area contributed by atoms with Crippen LogP contribution in [0.5, 0.6) is 0 Å². The molecule has 0 atom stereocenters. The molecule has 0 aromatic heterocycles. The van der Waals surface area contributed by atoms with Crippen molar-refractivity contribution in [2.24, 2.45) is 0 Å². The van der Waals surface area contributed by atoms with Gasteiger partial charge in [-0.3, -0.25) is 20.2 Å². The third-order valence-corrected chi connectivity index (χ3v) is 2.73. The van der Waals surface area contributed by atoms with Gasteiger partial charge in [0.1, 0.15) is 0 Å².